The van der Waals surface area contributed by atoms with Gasteiger partial charge >= 0.3 is 19.5 Å². The van der Waals surface area contributed by atoms with E-state index in [9.17, 15) is 4.79 Å². The Morgan fingerprint density at radius 1 is 1.67 bits per heavy atom. The standard InChI is InChI=1S/C3H3O2.Ru/c1-3(5)2-4;/h1H3;/q-1;+1. The third-order valence-corrected chi connectivity index (χ3v) is 0.144. The van der Waals surface area contributed by atoms with Crippen LogP contribution in [0.3, 0.4) is 0 Å². The number of carbonyl (C=O) groups excluding carboxylic acids is 2. The number of hydrogen-bond donors (Lipinski definition) is 0. The minimum atomic E-state index is -0.551. The van der Waals surface area contributed by atoms with Crippen LogP contribution < -0.4 is 0 Å². The minimum Gasteiger partial charge on any atom is -0.534 e. The first kappa shape index (κ1) is 9.35. The molecule has 0 amide bonds. The molecule has 0 aromatic rings. The molecule has 6 heavy (non-hydrogen) atoms. The van der Waals surface area contributed by atoms with E-state index < -0.39 is 5.78 Å². The van der Waals surface area contributed by atoms with E-state index in [0.29, 0.717) is 0 Å². The van der Waals surface area contributed by atoms with Crippen LogP contribution in [0.2, 0.25) is 0 Å². The first-order valence-electron chi connectivity index (χ1n) is 1.16. The van der Waals surface area contributed by atoms with Gasteiger partial charge in [-0.3, -0.25) is 0 Å². The molecule has 0 fully saturated rings. The third-order valence-electron chi connectivity index (χ3n) is 0.144. The van der Waals surface area contributed by atoms with Crippen molar-refractivity contribution in [2.24, 2.45) is 0 Å². The second-order valence-electron chi connectivity index (χ2n) is 0.658. The predicted molar refractivity (Wildman–Crippen MR) is 16.4 cm³/mol. The molecule has 1 radical (unpaired) electrons. The Balaban J connectivity index is 0. The second-order valence-corrected chi connectivity index (χ2v) is 0.658. The molecule has 0 saturated heterocycles. The molecular weight excluding hydrogens is 169 g/mol. The van der Waals surface area contributed by atoms with Crippen molar-refractivity contribution < 1.29 is 29.1 Å². The van der Waals surface area contributed by atoms with E-state index in [4.69, 9.17) is 4.79 Å². The maximum absolute atomic E-state index is 9.39. The largest absolute Gasteiger partial charge is 1.00 e. The first-order valence-corrected chi connectivity index (χ1v) is 1.16. The fraction of sp³-hybridized carbons (Fsp3) is 0.333. The van der Waals surface area contributed by atoms with Crippen molar-refractivity contribution in [1.82, 2.24) is 0 Å². The number of Topliss-reactive ketones (excluding diaryl/α,β-unsaturated/α-hetero) is 1. The molecule has 0 spiro atoms. The summed E-state index contributed by atoms with van der Waals surface area (Å²) >= 11 is 0. The molecule has 0 rings (SSSR count). The van der Waals surface area contributed by atoms with Gasteiger partial charge in [-0.1, -0.05) is 0 Å². The van der Waals surface area contributed by atoms with E-state index in [2.05, 4.69) is 0 Å². The average Bonchev–Trinajstić information content (AvgIpc) is 1.38. The maximum Gasteiger partial charge on any atom is 1.00 e. The van der Waals surface area contributed by atoms with Crippen LogP contribution in [0.1, 0.15) is 6.92 Å². The zero-order chi connectivity index (χ0) is 4.28. The molecule has 0 bridgehead atoms. The molecule has 0 aromatic heterocycles. The Labute approximate surface area is 48.7 Å². The molecule has 0 aliphatic carbocycles. The van der Waals surface area contributed by atoms with Crippen LogP contribution in [0.5, 0.6) is 0 Å². The van der Waals surface area contributed by atoms with Crippen LogP contribution in [0.4, 0.5) is 0 Å². The van der Waals surface area contributed by atoms with E-state index in [0.717, 1.165) is 13.2 Å². The van der Waals surface area contributed by atoms with Crippen molar-refractivity contribution in [2.45, 2.75) is 6.92 Å². The topological polar surface area (TPSA) is 34.1 Å². The van der Waals surface area contributed by atoms with Gasteiger partial charge in [-0.25, -0.2) is 0 Å². The summed E-state index contributed by atoms with van der Waals surface area (Å²) < 4.78 is 0. The molecule has 35 valence electrons. The van der Waals surface area contributed by atoms with Crippen molar-refractivity contribution in [3.8, 4) is 0 Å². The first-order chi connectivity index (χ1) is 2.27. The maximum atomic E-state index is 9.39. The summed E-state index contributed by atoms with van der Waals surface area (Å²) in [7, 11) is 0. The molecule has 0 N–H and O–H groups in total. The summed E-state index contributed by atoms with van der Waals surface area (Å²) in [4.78, 5) is 18.4. The molecule has 3 heteroatoms. The van der Waals surface area contributed by atoms with Gasteiger partial charge in [-0.05, 0) is 6.92 Å². The molecule has 0 saturated carbocycles. The molecule has 0 atom stereocenters. The van der Waals surface area contributed by atoms with Gasteiger partial charge in [0.2, 0.25) is 0 Å². The van der Waals surface area contributed by atoms with Crippen LogP contribution in [-0.4, -0.2) is 12.1 Å². The number of carbonyl (C=O) groups is 1. The van der Waals surface area contributed by atoms with Crippen molar-refractivity contribution in [3.63, 3.8) is 0 Å². The number of hydrogen-bond acceptors (Lipinski definition) is 2. The second kappa shape index (κ2) is 4.96. The Morgan fingerprint density at radius 2 is 1.83 bits per heavy atom. The van der Waals surface area contributed by atoms with E-state index in [1.165, 1.54) is 0 Å². The fourth-order valence-corrected chi connectivity index (χ4v) is 0. The van der Waals surface area contributed by atoms with Crippen LogP contribution in [-0.2, 0) is 29.1 Å². The van der Waals surface area contributed by atoms with Gasteiger partial charge < -0.3 is 9.59 Å². The molecule has 0 aliphatic heterocycles. The van der Waals surface area contributed by atoms with E-state index in [1.807, 2.05) is 0 Å². The molecule has 0 unspecified atom stereocenters. The SMILES string of the molecule is CC(=O)[C-]=O.[Ru+]. The van der Waals surface area contributed by atoms with Gasteiger partial charge in [0.1, 0.15) is 0 Å². The van der Waals surface area contributed by atoms with Gasteiger partial charge in [-0.2, -0.15) is 6.29 Å². The van der Waals surface area contributed by atoms with Gasteiger partial charge in [0.05, 0.1) is 0 Å². The molecular formula is C3H3O2Ru. The van der Waals surface area contributed by atoms with E-state index in [-0.39, 0.29) is 19.5 Å². The van der Waals surface area contributed by atoms with Crippen LogP contribution >= 0.6 is 0 Å². The van der Waals surface area contributed by atoms with Crippen LogP contribution in [0, 0.1) is 0 Å². The third kappa shape index (κ3) is 9.03. The molecule has 0 aliphatic rings. The molecule has 0 aromatic carbocycles. The summed E-state index contributed by atoms with van der Waals surface area (Å²) in [6.07, 6.45) is 1.14. The monoisotopic (exact) mass is 173 g/mol. The van der Waals surface area contributed by atoms with Gasteiger partial charge in [0.15, 0.2) is 0 Å². The fourth-order valence-electron chi connectivity index (χ4n) is 0. The normalized spacial score (nSPS) is 5.50. The summed E-state index contributed by atoms with van der Waals surface area (Å²) in [5.74, 6) is -0.551. The Bertz CT molecular complexity index is 59.8. The molecule has 0 heterocycles. The summed E-state index contributed by atoms with van der Waals surface area (Å²) in [6.45, 7) is 1.16. The zero-order valence-corrected chi connectivity index (χ0v) is 4.91. The van der Waals surface area contributed by atoms with E-state index >= 15 is 0 Å². The van der Waals surface area contributed by atoms with Crippen molar-refractivity contribution in [1.29, 1.82) is 0 Å². The summed E-state index contributed by atoms with van der Waals surface area (Å²) in [6, 6.07) is 0. The van der Waals surface area contributed by atoms with Crippen molar-refractivity contribution in [3.05, 3.63) is 0 Å². The Hall–Kier alpha value is -0.0366. The van der Waals surface area contributed by atoms with Gasteiger partial charge in [0, 0.05) is 5.78 Å². The Kier molecular flexibility index (Phi) is 7.74. The quantitative estimate of drug-likeness (QED) is 0.308. The minimum absolute atomic E-state index is 0. The smallest absolute Gasteiger partial charge is 0.534 e. The average molecular weight is 172 g/mol. The number of ketones is 1. The summed E-state index contributed by atoms with van der Waals surface area (Å²) in [5, 5.41) is 0. The van der Waals surface area contributed by atoms with Crippen LogP contribution in [0.25, 0.3) is 0 Å². The summed E-state index contributed by atoms with van der Waals surface area (Å²) in [5.41, 5.74) is 0. The number of rotatable bonds is 1. The predicted octanol–water partition coefficient (Wildman–Crippen LogP) is -0.317. The van der Waals surface area contributed by atoms with E-state index in [1.54, 1.807) is 0 Å². The van der Waals surface area contributed by atoms with Crippen molar-refractivity contribution in [2.75, 3.05) is 0 Å². The Morgan fingerprint density at radius 3 is 1.83 bits per heavy atom. The zero-order valence-electron chi connectivity index (χ0n) is 3.17. The van der Waals surface area contributed by atoms with Gasteiger partial charge in [-0.15, -0.1) is 0 Å². The van der Waals surface area contributed by atoms with Gasteiger partial charge in [0.25, 0.3) is 0 Å². The molecule has 2 nitrogen and oxygen atoms in total. The van der Waals surface area contributed by atoms with Crippen LogP contribution in [0.15, 0.2) is 0 Å². The van der Waals surface area contributed by atoms with Crippen molar-refractivity contribution >= 4 is 12.1 Å².